The minimum absolute atomic E-state index is 0.0200. The van der Waals surface area contributed by atoms with Gasteiger partial charge in [0.2, 0.25) is 0 Å². The second-order valence-corrected chi connectivity index (χ2v) is 10.4. The molecule has 2 aromatic carbocycles. The van der Waals surface area contributed by atoms with E-state index in [-0.39, 0.29) is 11.9 Å². The van der Waals surface area contributed by atoms with Crippen molar-refractivity contribution in [1.29, 1.82) is 0 Å². The number of aliphatic imine (C=N–C) groups is 1. The average Bonchev–Trinajstić information content (AvgIpc) is 3.19. The number of carbonyl (C=O) groups is 1. The van der Waals surface area contributed by atoms with Gasteiger partial charge in [-0.3, -0.25) is 9.69 Å². The number of benzene rings is 2. The van der Waals surface area contributed by atoms with Crippen LogP contribution < -0.4 is 4.74 Å². The number of carbonyl (C=O) groups excluding carboxylic acids is 1. The molecule has 6 heteroatoms. The van der Waals surface area contributed by atoms with Crippen molar-refractivity contribution in [2.45, 2.75) is 58.6 Å². The fourth-order valence-corrected chi connectivity index (χ4v) is 5.67. The number of amides is 1. The van der Waals surface area contributed by atoms with Gasteiger partial charge in [-0.2, -0.15) is 0 Å². The van der Waals surface area contributed by atoms with E-state index < -0.39 is 0 Å². The molecule has 0 unspecified atom stereocenters. The molecule has 0 N–H and O–H groups in total. The third kappa shape index (κ3) is 5.71. The van der Waals surface area contributed by atoms with Gasteiger partial charge in [-0.25, -0.2) is 9.98 Å². The van der Waals surface area contributed by atoms with Crippen molar-refractivity contribution in [2.24, 2.45) is 4.99 Å². The van der Waals surface area contributed by atoms with Gasteiger partial charge in [-0.15, -0.1) is 0 Å². The van der Waals surface area contributed by atoms with E-state index in [0.717, 1.165) is 48.3 Å². The van der Waals surface area contributed by atoms with Gasteiger partial charge in [0.1, 0.15) is 12.4 Å². The Kier molecular flexibility index (Phi) is 7.52. The summed E-state index contributed by atoms with van der Waals surface area (Å²) in [6.07, 6.45) is 7.48. The maximum absolute atomic E-state index is 13.7. The van der Waals surface area contributed by atoms with E-state index in [1.165, 1.54) is 23.7 Å². The summed E-state index contributed by atoms with van der Waals surface area (Å²) in [5.41, 5.74) is 4.13. The quantitative estimate of drug-likeness (QED) is 0.338. The summed E-state index contributed by atoms with van der Waals surface area (Å²) in [7, 11) is 0. The first kappa shape index (κ1) is 24.3. The summed E-state index contributed by atoms with van der Waals surface area (Å²) in [5.74, 6) is 1.41. The number of rotatable bonds is 6. The molecular weight excluding hydrogens is 466 g/mol. The Morgan fingerprint density at radius 1 is 1.00 bits per heavy atom. The lowest BCUT2D eigenvalue weighted by atomic mass is 9.94. The van der Waals surface area contributed by atoms with E-state index in [1.54, 1.807) is 0 Å². The lowest BCUT2D eigenvalue weighted by molar-refractivity contribution is -0.124. The second kappa shape index (κ2) is 11.1. The Balaban J connectivity index is 1.43. The maximum Gasteiger partial charge on any atom is 0.267 e. The fraction of sp³-hybridized carbons (Fsp3) is 0.300. The van der Waals surface area contributed by atoms with Crippen molar-refractivity contribution in [2.75, 3.05) is 0 Å². The van der Waals surface area contributed by atoms with Crippen LogP contribution in [0.15, 0.2) is 76.6 Å². The first-order valence-electron chi connectivity index (χ1n) is 12.6. The number of para-hydroxylation sites is 1. The predicted molar refractivity (Wildman–Crippen MR) is 147 cm³/mol. The van der Waals surface area contributed by atoms with Crippen molar-refractivity contribution >= 4 is 34.7 Å². The van der Waals surface area contributed by atoms with E-state index >= 15 is 0 Å². The summed E-state index contributed by atoms with van der Waals surface area (Å²) in [4.78, 5) is 25.6. The Morgan fingerprint density at radius 3 is 2.56 bits per heavy atom. The van der Waals surface area contributed by atoms with E-state index in [0.29, 0.717) is 22.5 Å². The first-order valence-corrected chi connectivity index (χ1v) is 13.4. The van der Waals surface area contributed by atoms with Gasteiger partial charge < -0.3 is 4.74 Å². The maximum atomic E-state index is 13.7. The number of hydrogen-bond acceptors (Lipinski definition) is 5. The summed E-state index contributed by atoms with van der Waals surface area (Å²) in [6, 6.07) is 22.2. The Morgan fingerprint density at radius 2 is 1.78 bits per heavy atom. The fourth-order valence-electron chi connectivity index (χ4n) is 4.63. The van der Waals surface area contributed by atoms with E-state index in [2.05, 4.69) is 36.2 Å². The Bertz CT molecular complexity index is 1290. The molecule has 184 valence electrons. The average molecular weight is 498 g/mol. The van der Waals surface area contributed by atoms with Crippen molar-refractivity contribution in [3.05, 3.63) is 94.0 Å². The SMILES string of the molecule is Cc1ccc(COc2ccccc2/C=C2\S/C(=N/c3cccc(C)n3)N(C3CCCCC3)C2=O)cc1. The van der Waals surface area contributed by atoms with Gasteiger partial charge in [-0.05, 0) is 68.3 Å². The van der Waals surface area contributed by atoms with E-state index in [4.69, 9.17) is 9.73 Å². The van der Waals surface area contributed by atoms with Gasteiger partial charge >= 0.3 is 0 Å². The minimum atomic E-state index is 0.0200. The van der Waals surface area contributed by atoms with Crippen LogP contribution in [0.2, 0.25) is 0 Å². The van der Waals surface area contributed by atoms with Crippen molar-refractivity contribution in [1.82, 2.24) is 9.88 Å². The predicted octanol–water partition coefficient (Wildman–Crippen LogP) is 7.21. The molecule has 1 aromatic heterocycles. The van der Waals surface area contributed by atoms with Crippen LogP contribution in [0, 0.1) is 13.8 Å². The monoisotopic (exact) mass is 497 g/mol. The lowest BCUT2D eigenvalue weighted by Gasteiger charge is -2.30. The van der Waals surface area contributed by atoms with Crippen molar-refractivity contribution in [3.63, 3.8) is 0 Å². The number of pyridine rings is 1. The van der Waals surface area contributed by atoms with Crippen LogP contribution in [0.1, 0.15) is 54.5 Å². The zero-order valence-electron chi connectivity index (χ0n) is 20.8. The topological polar surface area (TPSA) is 54.8 Å². The molecule has 5 nitrogen and oxygen atoms in total. The number of aromatic nitrogens is 1. The molecule has 1 saturated carbocycles. The van der Waals surface area contributed by atoms with Gasteiger partial charge in [0.15, 0.2) is 11.0 Å². The number of amidine groups is 1. The molecule has 1 saturated heterocycles. The smallest absolute Gasteiger partial charge is 0.267 e. The Hall–Kier alpha value is -3.38. The van der Waals surface area contributed by atoms with Crippen LogP contribution >= 0.6 is 11.8 Å². The summed E-state index contributed by atoms with van der Waals surface area (Å²) >= 11 is 1.43. The number of aryl methyl sites for hydroxylation is 2. The largest absolute Gasteiger partial charge is 0.488 e. The van der Waals surface area contributed by atoms with Crippen LogP contribution in [-0.4, -0.2) is 27.0 Å². The molecule has 5 rings (SSSR count). The molecule has 0 spiro atoms. The highest BCUT2D eigenvalue weighted by Crippen LogP contribution is 2.39. The number of hydrogen-bond donors (Lipinski definition) is 0. The van der Waals surface area contributed by atoms with Gasteiger partial charge in [-0.1, -0.05) is 73.4 Å². The lowest BCUT2D eigenvalue weighted by Crippen LogP contribution is -2.40. The summed E-state index contributed by atoms with van der Waals surface area (Å²) < 4.78 is 6.17. The van der Waals surface area contributed by atoms with Gasteiger partial charge in [0.05, 0.1) is 4.91 Å². The molecule has 0 bridgehead atoms. The van der Waals surface area contributed by atoms with Crippen LogP contribution in [0.25, 0.3) is 6.08 Å². The molecular formula is C30H31N3O2S. The zero-order chi connectivity index (χ0) is 24.9. The highest BCUT2D eigenvalue weighted by molar-refractivity contribution is 8.18. The standard InChI is InChI=1S/C30H31N3O2S/c1-21-15-17-23(18-16-21)20-35-26-13-7-6-10-24(26)19-27-29(34)33(25-11-4-3-5-12-25)30(36-27)32-28-14-8-9-22(2)31-28/h6-10,13-19,25H,3-5,11-12,20H2,1-2H3/b27-19-,32-30+. The molecule has 36 heavy (non-hydrogen) atoms. The van der Waals surface area contributed by atoms with E-state index in [1.807, 2.05) is 60.4 Å². The number of ether oxygens (including phenoxy) is 1. The van der Waals surface area contributed by atoms with Crippen LogP contribution in [0.4, 0.5) is 5.82 Å². The molecule has 3 aromatic rings. The summed E-state index contributed by atoms with van der Waals surface area (Å²) in [5, 5.41) is 0.717. The van der Waals surface area contributed by atoms with E-state index in [9.17, 15) is 4.79 Å². The van der Waals surface area contributed by atoms with Crippen LogP contribution in [-0.2, 0) is 11.4 Å². The number of thioether (sulfide) groups is 1. The molecule has 2 heterocycles. The minimum Gasteiger partial charge on any atom is -0.488 e. The molecule has 2 aliphatic rings. The van der Waals surface area contributed by atoms with Gasteiger partial charge in [0, 0.05) is 17.3 Å². The first-order chi connectivity index (χ1) is 17.6. The summed E-state index contributed by atoms with van der Waals surface area (Å²) in [6.45, 7) is 4.50. The second-order valence-electron chi connectivity index (χ2n) is 9.42. The zero-order valence-corrected chi connectivity index (χ0v) is 21.6. The number of nitrogens with zero attached hydrogens (tertiary/aromatic N) is 3. The van der Waals surface area contributed by atoms with Crippen molar-refractivity contribution in [3.8, 4) is 5.75 Å². The third-order valence-electron chi connectivity index (χ3n) is 6.58. The Labute approximate surface area is 217 Å². The van der Waals surface area contributed by atoms with Gasteiger partial charge in [0.25, 0.3) is 5.91 Å². The molecule has 1 amide bonds. The molecule has 1 aliphatic heterocycles. The van der Waals surface area contributed by atoms with Crippen molar-refractivity contribution < 1.29 is 9.53 Å². The molecule has 2 fully saturated rings. The molecule has 1 aliphatic carbocycles. The highest BCUT2D eigenvalue weighted by Gasteiger charge is 2.38. The van der Waals surface area contributed by atoms with Crippen LogP contribution in [0.3, 0.4) is 0 Å². The highest BCUT2D eigenvalue weighted by atomic mass is 32.2. The molecule has 0 atom stereocenters. The van der Waals surface area contributed by atoms with Crippen LogP contribution in [0.5, 0.6) is 5.75 Å². The third-order valence-corrected chi connectivity index (χ3v) is 7.56. The molecule has 0 radical (unpaired) electrons. The normalized spacial score (nSPS) is 18.8.